The Morgan fingerprint density at radius 1 is 1.61 bits per heavy atom. The molecule has 1 fully saturated rings. The van der Waals surface area contributed by atoms with E-state index in [4.69, 9.17) is 10.5 Å². The molecular formula is C13H18BrFN2O. The van der Waals surface area contributed by atoms with E-state index in [1.54, 1.807) is 6.07 Å². The minimum absolute atomic E-state index is 0.0129. The Morgan fingerprint density at radius 2 is 2.39 bits per heavy atom. The molecule has 5 heteroatoms. The number of nitrogens with two attached hydrogens (primary N) is 1. The molecular weight excluding hydrogens is 299 g/mol. The molecule has 2 rings (SSSR count). The topological polar surface area (TPSA) is 38.5 Å². The number of hydrogen-bond donors (Lipinski definition) is 1. The van der Waals surface area contributed by atoms with Crippen molar-refractivity contribution in [2.75, 3.05) is 26.7 Å². The Morgan fingerprint density at radius 3 is 3.11 bits per heavy atom. The van der Waals surface area contributed by atoms with Gasteiger partial charge in [0, 0.05) is 19.1 Å². The Bertz CT molecular complexity index is 416. The number of ether oxygens (including phenoxy) is 1. The van der Waals surface area contributed by atoms with Gasteiger partial charge in [-0.2, -0.15) is 0 Å². The van der Waals surface area contributed by atoms with Gasteiger partial charge in [0.05, 0.1) is 17.2 Å². The lowest BCUT2D eigenvalue weighted by Gasteiger charge is -2.33. The first-order chi connectivity index (χ1) is 8.58. The molecule has 1 saturated heterocycles. The highest BCUT2D eigenvalue weighted by atomic mass is 79.9. The van der Waals surface area contributed by atoms with E-state index in [-0.39, 0.29) is 18.0 Å². The average molecular weight is 317 g/mol. The smallest absolute Gasteiger partial charge is 0.137 e. The van der Waals surface area contributed by atoms with E-state index in [0.29, 0.717) is 17.5 Å². The number of hydrogen-bond acceptors (Lipinski definition) is 3. The molecule has 1 aliphatic heterocycles. The van der Waals surface area contributed by atoms with Crippen LogP contribution in [0, 0.1) is 5.82 Å². The lowest BCUT2D eigenvalue weighted by atomic mass is 10.0. The molecule has 3 nitrogen and oxygen atoms in total. The summed E-state index contributed by atoms with van der Waals surface area (Å²) in [5.74, 6) is -0.249. The van der Waals surface area contributed by atoms with Crippen molar-refractivity contribution in [3.05, 3.63) is 34.1 Å². The van der Waals surface area contributed by atoms with Gasteiger partial charge in [-0.15, -0.1) is 0 Å². The molecule has 2 N–H and O–H groups in total. The van der Waals surface area contributed by atoms with Gasteiger partial charge in [0.15, 0.2) is 0 Å². The van der Waals surface area contributed by atoms with Crippen molar-refractivity contribution < 1.29 is 9.13 Å². The normalized spacial score (nSPS) is 23.0. The van der Waals surface area contributed by atoms with Crippen molar-refractivity contribution in [3.63, 3.8) is 0 Å². The SMILES string of the molecule is CN1CCOC(C(N)Cc2cccc(F)c2Br)C1. The summed E-state index contributed by atoms with van der Waals surface area (Å²) in [6.07, 6.45) is 0.621. The predicted octanol–water partition coefficient (Wildman–Crippen LogP) is 1.79. The number of rotatable bonds is 3. The zero-order valence-electron chi connectivity index (χ0n) is 10.4. The largest absolute Gasteiger partial charge is 0.374 e. The average Bonchev–Trinajstić information content (AvgIpc) is 2.35. The van der Waals surface area contributed by atoms with Crippen molar-refractivity contribution in [2.45, 2.75) is 18.6 Å². The van der Waals surface area contributed by atoms with Crippen molar-refractivity contribution in [3.8, 4) is 0 Å². The summed E-state index contributed by atoms with van der Waals surface area (Å²) in [6, 6.07) is 4.91. The molecule has 18 heavy (non-hydrogen) atoms. The van der Waals surface area contributed by atoms with Crippen LogP contribution in [-0.2, 0) is 11.2 Å². The van der Waals surface area contributed by atoms with Crippen LogP contribution in [0.15, 0.2) is 22.7 Å². The molecule has 2 atom stereocenters. The zero-order valence-corrected chi connectivity index (χ0v) is 12.0. The molecule has 0 aromatic heterocycles. The zero-order chi connectivity index (χ0) is 13.1. The molecule has 1 aliphatic rings. The second-order valence-corrected chi connectivity index (χ2v) is 5.55. The molecule has 1 heterocycles. The Hall–Kier alpha value is -0.490. The maximum absolute atomic E-state index is 13.4. The molecule has 0 amide bonds. The quantitative estimate of drug-likeness (QED) is 0.924. The summed E-state index contributed by atoms with van der Waals surface area (Å²) in [7, 11) is 2.06. The van der Waals surface area contributed by atoms with Crippen LogP contribution in [-0.4, -0.2) is 43.8 Å². The van der Waals surface area contributed by atoms with Crippen molar-refractivity contribution in [2.24, 2.45) is 5.73 Å². The third-order valence-corrected chi connectivity index (χ3v) is 4.15. The van der Waals surface area contributed by atoms with Gasteiger partial charge in [0.25, 0.3) is 0 Å². The van der Waals surface area contributed by atoms with Crippen molar-refractivity contribution in [1.29, 1.82) is 0 Å². The lowest BCUT2D eigenvalue weighted by molar-refractivity contribution is -0.0319. The van der Waals surface area contributed by atoms with Crippen LogP contribution in [0.2, 0.25) is 0 Å². The lowest BCUT2D eigenvalue weighted by Crippen LogP contribution is -2.50. The third kappa shape index (κ3) is 3.29. The standard InChI is InChI=1S/C13H18BrFN2O/c1-17-5-6-18-12(8-17)11(16)7-9-3-2-4-10(15)13(9)14/h2-4,11-12H,5-8,16H2,1H3. The van der Waals surface area contributed by atoms with Crippen LogP contribution in [0.3, 0.4) is 0 Å². The maximum Gasteiger partial charge on any atom is 0.137 e. The molecule has 0 spiro atoms. The van der Waals surface area contributed by atoms with Gasteiger partial charge in [-0.05, 0) is 41.0 Å². The van der Waals surface area contributed by atoms with Crippen LogP contribution in [0.5, 0.6) is 0 Å². The van der Waals surface area contributed by atoms with E-state index >= 15 is 0 Å². The first-order valence-corrected chi connectivity index (χ1v) is 6.86. The van der Waals surface area contributed by atoms with Crippen LogP contribution in [0.25, 0.3) is 0 Å². The molecule has 0 saturated carbocycles. The van der Waals surface area contributed by atoms with E-state index in [0.717, 1.165) is 18.7 Å². The minimum atomic E-state index is -0.249. The molecule has 0 aliphatic carbocycles. The van der Waals surface area contributed by atoms with Gasteiger partial charge >= 0.3 is 0 Å². The molecule has 2 unspecified atom stereocenters. The summed E-state index contributed by atoms with van der Waals surface area (Å²) >= 11 is 3.26. The summed E-state index contributed by atoms with van der Waals surface area (Å²) in [4.78, 5) is 2.20. The van der Waals surface area contributed by atoms with Crippen LogP contribution in [0.4, 0.5) is 4.39 Å². The highest BCUT2D eigenvalue weighted by Gasteiger charge is 2.24. The van der Waals surface area contributed by atoms with E-state index in [1.165, 1.54) is 6.07 Å². The van der Waals surface area contributed by atoms with Gasteiger partial charge in [-0.3, -0.25) is 0 Å². The highest BCUT2D eigenvalue weighted by Crippen LogP contribution is 2.22. The maximum atomic E-state index is 13.4. The molecule has 100 valence electrons. The van der Waals surface area contributed by atoms with Gasteiger partial charge in [-0.25, -0.2) is 4.39 Å². The third-order valence-electron chi connectivity index (χ3n) is 3.26. The van der Waals surface area contributed by atoms with Crippen LogP contribution >= 0.6 is 15.9 Å². The number of nitrogens with zero attached hydrogens (tertiary/aromatic N) is 1. The van der Waals surface area contributed by atoms with Crippen LogP contribution in [0.1, 0.15) is 5.56 Å². The molecule has 1 aromatic carbocycles. The fourth-order valence-corrected chi connectivity index (χ4v) is 2.59. The van der Waals surface area contributed by atoms with E-state index in [9.17, 15) is 4.39 Å². The van der Waals surface area contributed by atoms with Crippen LogP contribution < -0.4 is 5.73 Å². The van der Waals surface area contributed by atoms with E-state index in [2.05, 4.69) is 27.9 Å². The summed E-state index contributed by atoms with van der Waals surface area (Å²) in [5, 5.41) is 0. The van der Waals surface area contributed by atoms with Gasteiger partial charge in [0.2, 0.25) is 0 Å². The van der Waals surface area contributed by atoms with Gasteiger partial charge < -0.3 is 15.4 Å². The Kier molecular flexibility index (Phi) is 4.72. The summed E-state index contributed by atoms with van der Waals surface area (Å²) in [5.41, 5.74) is 7.05. The highest BCUT2D eigenvalue weighted by molar-refractivity contribution is 9.10. The van der Waals surface area contributed by atoms with E-state index in [1.807, 2.05) is 6.07 Å². The molecule has 0 radical (unpaired) electrons. The summed E-state index contributed by atoms with van der Waals surface area (Å²) < 4.78 is 19.6. The fraction of sp³-hybridized carbons (Fsp3) is 0.538. The first-order valence-electron chi connectivity index (χ1n) is 6.06. The monoisotopic (exact) mass is 316 g/mol. The molecule has 1 aromatic rings. The Labute approximate surface area is 115 Å². The predicted molar refractivity (Wildman–Crippen MR) is 73.0 cm³/mol. The van der Waals surface area contributed by atoms with Crippen molar-refractivity contribution in [1.82, 2.24) is 4.90 Å². The van der Waals surface area contributed by atoms with Gasteiger partial charge in [-0.1, -0.05) is 12.1 Å². The second kappa shape index (κ2) is 6.10. The number of likely N-dealkylation sites (N-methyl/N-ethyl adjacent to an activating group) is 1. The Balaban J connectivity index is 2.02. The van der Waals surface area contributed by atoms with Crippen molar-refractivity contribution >= 4 is 15.9 Å². The number of morpholine rings is 1. The number of halogens is 2. The van der Waals surface area contributed by atoms with Gasteiger partial charge in [0.1, 0.15) is 5.82 Å². The van der Waals surface area contributed by atoms with E-state index < -0.39 is 0 Å². The molecule has 0 bridgehead atoms. The second-order valence-electron chi connectivity index (χ2n) is 4.75. The summed E-state index contributed by atoms with van der Waals surface area (Å²) in [6.45, 7) is 2.47. The number of benzene rings is 1. The first kappa shape index (κ1) is 13.9. The minimum Gasteiger partial charge on any atom is -0.374 e. The fourth-order valence-electron chi connectivity index (χ4n) is 2.16.